The molecular formula is C13H22N2O4. The molecule has 2 rings (SSSR count). The molecule has 0 aromatic rings. The summed E-state index contributed by atoms with van der Waals surface area (Å²) in [6, 6.07) is -0.378. The molecule has 1 saturated heterocycles. The Labute approximate surface area is 113 Å². The van der Waals surface area contributed by atoms with E-state index in [9.17, 15) is 9.59 Å². The smallest absolute Gasteiger partial charge is 0.318 e. The highest BCUT2D eigenvalue weighted by molar-refractivity contribution is 5.76. The molecule has 19 heavy (non-hydrogen) atoms. The van der Waals surface area contributed by atoms with Gasteiger partial charge in [-0.3, -0.25) is 4.79 Å². The van der Waals surface area contributed by atoms with Gasteiger partial charge in [-0.25, -0.2) is 4.79 Å². The maximum Gasteiger partial charge on any atom is 0.318 e. The van der Waals surface area contributed by atoms with E-state index in [4.69, 9.17) is 9.84 Å². The second kappa shape index (κ2) is 5.77. The molecule has 1 heterocycles. The number of urea groups is 1. The molecule has 0 aromatic heterocycles. The van der Waals surface area contributed by atoms with Gasteiger partial charge in [-0.15, -0.1) is 0 Å². The molecule has 2 fully saturated rings. The van der Waals surface area contributed by atoms with Gasteiger partial charge in [0, 0.05) is 12.6 Å². The van der Waals surface area contributed by atoms with Crippen molar-refractivity contribution in [3.05, 3.63) is 0 Å². The van der Waals surface area contributed by atoms with E-state index in [1.165, 1.54) is 0 Å². The largest absolute Gasteiger partial charge is 0.481 e. The highest BCUT2D eigenvalue weighted by Gasteiger charge is 2.36. The Morgan fingerprint density at radius 2 is 2.11 bits per heavy atom. The number of nitrogens with one attached hydrogen (secondary N) is 1. The van der Waals surface area contributed by atoms with Crippen molar-refractivity contribution in [2.75, 3.05) is 13.2 Å². The molecule has 3 unspecified atom stereocenters. The first kappa shape index (κ1) is 14.1. The minimum Gasteiger partial charge on any atom is -0.481 e. The van der Waals surface area contributed by atoms with Crippen LogP contribution in [0.1, 0.15) is 33.1 Å². The fourth-order valence-corrected chi connectivity index (χ4v) is 2.45. The Hall–Kier alpha value is -1.30. The molecule has 0 bridgehead atoms. The zero-order valence-corrected chi connectivity index (χ0v) is 11.5. The van der Waals surface area contributed by atoms with E-state index in [0.29, 0.717) is 19.1 Å². The van der Waals surface area contributed by atoms with Crippen molar-refractivity contribution in [2.45, 2.75) is 51.3 Å². The number of amides is 2. The average molecular weight is 270 g/mol. The minimum absolute atomic E-state index is 0.00464. The number of carbonyl (C=O) groups excluding carboxylic acids is 1. The van der Waals surface area contributed by atoms with Crippen molar-refractivity contribution >= 4 is 12.0 Å². The number of carbonyl (C=O) groups is 2. The Kier molecular flexibility index (Phi) is 4.29. The third-order valence-electron chi connectivity index (χ3n) is 3.76. The zero-order valence-electron chi connectivity index (χ0n) is 11.5. The van der Waals surface area contributed by atoms with Crippen molar-refractivity contribution in [3.63, 3.8) is 0 Å². The summed E-state index contributed by atoms with van der Waals surface area (Å²) in [5, 5.41) is 11.8. The van der Waals surface area contributed by atoms with Crippen LogP contribution >= 0.6 is 0 Å². The normalized spacial score (nSPS) is 28.8. The summed E-state index contributed by atoms with van der Waals surface area (Å²) in [6.45, 7) is 4.95. The number of carboxylic acids is 1. The molecule has 2 amide bonds. The molecule has 108 valence electrons. The Bertz CT molecular complexity index is 357. The van der Waals surface area contributed by atoms with Crippen LogP contribution in [0.15, 0.2) is 0 Å². The van der Waals surface area contributed by atoms with E-state index in [2.05, 4.69) is 5.32 Å². The molecule has 6 nitrogen and oxygen atoms in total. The molecule has 1 saturated carbocycles. The third-order valence-corrected chi connectivity index (χ3v) is 3.76. The van der Waals surface area contributed by atoms with Gasteiger partial charge in [0.1, 0.15) is 0 Å². The lowest BCUT2D eigenvalue weighted by atomic mass is 10.1. The van der Waals surface area contributed by atoms with Crippen LogP contribution in [0.2, 0.25) is 0 Å². The van der Waals surface area contributed by atoms with Crippen LogP contribution in [-0.4, -0.2) is 53.3 Å². The Morgan fingerprint density at radius 1 is 1.42 bits per heavy atom. The molecule has 0 radical (unpaired) electrons. The molecule has 6 heteroatoms. The van der Waals surface area contributed by atoms with Gasteiger partial charge >= 0.3 is 12.0 Å². The first-order valence-electron chi connectivity index (χ1n) is 6.88. The van der Waals surface area contributed by atoms with Crippen LogP contribution in [0.5, 0.6) is 0 Å². The van der Waals surface area contributed by atoms with Gasteiger partial charge in [0.05, 0.1) is 25.2 Å². The summed E-state index contributed by atoms with van der Waals surface area (Å²) in [6.07, 6.45) is 2.05. The lowest BCUT2D eigenvalue weighted by molar-refractivity contribution is -0.137. The van der Waals surface area contributed by atoms with Gasteiger partial charge in [-0.05, 0) is 32.6 Å². The predicted octanol–water partition coefficient (Wildman–Crippen LogP) is 1.06. The number of aliphatic carboxylic acids is 1. The van der Waals surface area contributed by atoms with Crippen molar-refractivity contribution in [2.24, 2.45) is 5.92 Å². The van der Waals surface area contributed by atoms with Crippen molar-refractivity contribution < 1.29 is 19.4 Å². The maximum absolute atomic E-state index is 12.2. The summed E-state index contributed by atoms with van der Waals surface area (Å²) in [5.74, 6) is -0.533. The van der Waals surface area contributed by atoms with E-state index >= 15 is 0 Å². The van der Waals surface area contributed by atoms with Gasteiger partial charge < -0.3 is 20.1 Å². The van der Waals surface area contributed by atoms with E-state index in [1.807, 2.05) is 13.8 Å². The topological polar surface area (TPSA) is 78.9 Å². The Balaban J connectivity index is 1.92. The van der Waals surface area contributed by atoms with Crippen LogP contribution < -0.4 is 5.32 Å². The van der Waals surface area contributed by atoms with Crippen molar-refractivity contribution in [1.29, 1.82) is 0 Å². The third kappa shape index (κ3) is 3.83. The highest BCUT2D eigenvalue weighted by Crippen LogP contribution is 2.34. The van der Waals surface area contributed by atoms with Crippen LogP contribution in [0.25, 0.3) is 0 Å². The number of hydrogen-bond donors (Lipinski definition) is 2. The highest BCUT2D eigenvalue weighted by atomic mass is 16.5. The fourth-order valence-electron chi connectivity index (χ4n) is 2.45. The summed E-state index contributed by atoms with van der Waals surface area (Å²) in [7, 11) is 0. The zero-order chi connectivity index (χ0) is 14.0. The van der Waals surface area contributed by atoms with Crippen molar-refractivity contribution in [3.8, 4) is 0 Å². The number of morpholine rings is 1. The number of rotatable bonds is 4. The number of nitrogens with zero attached hydrogens (tertiary/aromatic N) is 1. The van der Waals surface area contributed by atoms with Gasteiger partial charge in [-0.1, -0.05) is 0 Å². The summed E-state index contributed by atoms with van der Waals surface area (Å²) >= 11 is 0. The maximum atomic E-state index is 12.2. The van der Waals surface area contributed by atoms with Crippen LogP contribution in [0.3, 0.4) is 0 Å². The second-order valence-corrected chi connectivity index (χ2v) is 5.64. The summed E-state index contributed by atoms with van der Waals surface area (Å²) in [4.78, 5) is 24.8. The summed E-state index contributed by atoms with van der Waals surface area (Å²) in [5.41, 5.74) is 0. The van der Waals surface area contributed by atoms with Gasteiger partial charge in [0.15, 0.2) is 0 Å². The second-order valence-electron chi connectivity index (χ2n) is 5.64. The van der Waals surface area contributed by atoms with Crippen molar-refractivity contribution in [1.82, 2.24) is 10.2 Å². The SMILES string of the molecule is CC1CN(C(=O)NC(CC(=O)O)C2CC2)C(C)CO1. The molecule has 0 spiro atoms. The van der Waals surface area contributed by atoms with Gasteiger partial charge in [-0.2, -0.15) is 0 Å². The molecule has 1 aliphatic carbocycles. The quantitative estimate of drug-likeness (QED) is 0.800. The van der Waals surface area contributed by atoms with Crippen LogP contribution in [-0.2, 0) is 9.53 Å². The molecular weight excluding hydrogens is 248 g/mol. The molecule has 2 N–H and O–H groups in total. The van der Waals surface area contributed by atoms with Gasteiger partial charge in [0.2, 0.25) is 0 Å². The number of ether oxygens (including phenoxy) is 1. The van der Waals surface area contributed by atoms with Gasteiger partial charge in [0.25, 0.3) is 0 Å². The summed E-state index contributed by atoms with van der Waals surface area (Å²) < 4.78 is 5.48. The molecule has 0 aromatic carbocycles. The van der Waals surface area contributed by atoms with E-state index in [-0.39, 0.29) is 30.6 Å². The monoisotopic (exact) mass is 270 g/mol. The average Bonchev–Trinajstić information content (AvgIpc) is 3.14. The molecule has 1 aliphatic heterocycles. The fraction of sp³-hybridized carbons (Fsp3) is 0.846. The van der Waals surface area contributed by atoms with E-state index in [0.717, 1.165) is 12.8 Å². The first-order chi connectivity index (χ1) is 8.97. The van der Waals surface area contributed by atoms with Crippen LogP contribution in [0, 0.1) is 5.92 Å². The van der Waals surface area contributed by atoms with E-state index in [1.54, 1.807) is 4.90 Å². The number of carboxylic acid groups (broad SMARTS) is 1. The first-order valence-corrected chi connectivity index (χ1v) is 6.88. The Morgan fingerprint density at radius 3 is 2.68 bits per heavy atom. The molecule has 2 aliphatic rings. The predicted molar refractivity (Wildman–Crippen MR) is 68.9 cm³/mol. The van der Waals surface area contributed by atoms with Crippen LogP contribution in [0.4, 0.5) is 4.79 Å². The lowest BCUT2D eigenvalue weighted by Gasteiger charge is -2.37. The van der Waals surface area contributed by atoms with E-state index < -0.39 is 5.97 Å². The molecule has 3 atom stereocenters. The lowest BCUT2D eigenvalue weighted by Crippen LogP contribution is -2.55. The minimum atomic E-state index is -0.861. The standard InChI is InChI=1S/C13H22N2O4/c1-8-7-19-9(2)6-15(8)13(18)14-11(5-12(16)17)10-3-4-10/h8-11H,3-7H2,1-2H3,(H,14,18)(H,16,17). The number of hydrogen-bond acceptors (Lipinski definition) is 3.